The Kier molecular flexibility index (Phi) is 4.18. The SMILES string of the molecule is CS(=O)(=O)NCc1ccc(-c2ccccc2-c2nn[nH]n2)cc1. The number of nitrogens with one attached hydrogen (secondary N) is 2. The lowest BCUT2D eigenvalue weighted by molar-refractivity contribution is 0.587. The molecule has 118 valence electrons. The summed E-state index contributed by atoms with van der Waals surface area (Å²) in [5.74, 6) is 0.531. The van der Waals surface area contributed by atoms with Crippen molar-refractivity contribution in [1.29, 1.82) is 0 Å². The molecule has 1 heterocycles. The van der Waals surface area contributed by atoms with Gasteiger partial charge in [-0.05, 0) is 21.9 Å². The van der Waals surface area contributed by atoms with Crippen LogP contribution in [0.25, 0.3) is 22.5 Å². The number of aromatic amines is 1. The van der Waals surface area contributed by atoms with Crippen molar-refractivity contribution in [2.75, 3.05) is 6.26 Å². The Morgan fingerprint density at radius 2 is 1.74 bits per heavy atom. The van der Waals surface area contributed by atoms with Crippen molar-refractivity contribution in [2.45, 2.75) is 6.54 Å². The molecule has 0 atom stereocenters. The minimum atomic E-state index is -3.20. The molecular weight excluding hydrogens is 314 g/mol. The van der Waals surface area contributed by atoms with Crippen LogP contribution < -0.4 is 4.72 Å². The molecule has 0 fully saturated rings. The predicted molar refractivity (Wildman–Crippen MR) is 86.7 cm³/mol. The Morgan fingerprint density at radius 1 is 1.04 bits per heavy atom. The quantitative estimate of drug-likeness (QED) is 0.740. The van der Waals surface area contributed by atoms with Gasteiger partial charge in [0.05, 0.1) is 6.26 Å². The molecule has 3 aromatic rings. The molecule has 0 radical (unpaired) electrons. The van der Waals surface area contributed by atoms with Gasteiger partial charge in [-0.3, -0.25) is 0 Å². The fourth-order valence-electron chi connectivity index (χ4n) is 2.22. The zero-order valence-corrected chi connectivity index (χ0v) is 13.2. The minimum Gasteiger partial charge on any atom is -0.213 e. The number of benzene rings is 2. The van der Waals surface area contributed by atoms with Crippen molar-refractivity contribution in [3.05, 3.63) is 54.1 Å². The van der Waals surface area contributed by atoms with Crippen LogP contribution >= 0.6 is 0 Å². The molecule has 23 heavy (non-hydrogen) atoms. The molecular formula is C15H15N5O2S. The summed E-state index contributed by atoms with van der Waals surface area (Å²) in [4.78, 5) is 0. The summed E-state index contributed by atoms with van der Waals surface area (Å²) in [6.07, 6.45) is 1.14. The second-order valence-corrected chi connectivity index (χ2v) is 6.90. The van der Waals surface area contributed by atoms with Gasteiger partial charge in [0.2, 0.25) is 15.8 Å². The average molecular weight is 329 g/mol. The van der Waals surface area contributed by atoms with E-state index in [-0.39, 0.29) is 6.54 Å². The molecule has 0 aliphatic rings. The molecule has 0 bridgehead atoms. The maximum Gasteiger partial charge on any atom is 0.209 e. The number of nitrogens with zero attached hydrogens (tertiary/aromatic N) is 3. The van der Waals surface area contributed by atoms with Crippen LogP contribution in [0.1, 0.15) is 5.56 Å². The van der Waals surface area contributed by atoms with Gasteiger partial charge in [-0.2, -0.15) is 5.21 Å². The normalized spacial score (nSPS) is 11.5. The lowest BCUT2D eigenvalue weighted by Gasteiger charge is -2.08. The third-order valence-electron chi connectivity index (χ3n) is 3.32. The molecule has 0 aliphatic heterocycles. The highest BCUT2D eigenvalue weighted by Gasteiger charge is 2.10. The highest BCUT2D eigenvalue weighted by molar-refractivity contribution is 7.88. The first kappa shape index (κ1) is 15.3. The molecule has 8 heteroatoms. The molecule has 7 nitrogen and oxygen atoms in total. The lowest BCUT2D eigenvalue weighted by Crippen LogP contribution is -2.21. The van der Waals surface area contributed by atoms with E-state index >= 15 is 0 Å². The summed E-state index contributed by atoms with van der Waals surface area (Å²) < 4.78 is 24.7. The lowest BCUT2D eigenvalue weighted by atomic mass is 9.98. The summed E-state index contributed by atoms with van der Waals surface area (Å²) in [6, 6.07) is 15.4. The van der Waals surface area contributed by atoms with E-state index in [9.17, 15) is 8.42 Å². The summed E-state index contributed by atoms with van der Waals surface area (Å²) in [5.41, 5.74) is 3.74. The number of H-pyrrole nitrogens is 1. The monoisotopic (exact) mass is 329 g/mol. The molecule has 2 aromatic carbocycles. The Labute approximate surface area is 133 Å². The van der Waals surface area contributed by atoms with Crippen LogP contribution in [0.5, 0.6) is 0 Å². The third-order valence-corrected chi connectivity index (χ3v) is 3.99. The van der Waals surface area contributed by atoms with Crippen molar-refractivity contribution in [2.24, 2.45) is 0 Å². The van der Waals surface area contributed by atoms with E-state index < -0.39 is 10.0 Å². The molecule has 0 spiro atoms. The first-order valence-corrected chi connectivity index (χ1v) is 8.79. The van der Waals surface area contributed by atoms with E-state index in [0.29, 0.717) is 5.82 Å². The number of hydrogen-bond acceptors (Lipinski definition) is 5. The largest absolute Gasteiger partial charge is 0.213 e. The first-order valence-electron chi connectivity index (χ1n) is 6.90. The maximum absolute atomic E-state index is 11.1. The summed E-state index contributed by atoms with van der Waals surface area (Å²) in [5, 5.41) is 14.1. The Hall–Kier alpha value is -2.58. The summed E-state index contributed by atoms with van der Waals surface area (Å²) in [6.45, 7) is 0.269. The molecule has 0 aliphatic carbocycles. The van der Waals surface area contributed by atoms with Crippen LogP contribution in [0.2, 0.25) is 0 Å². The predicted octanol–water partition coefficient (Wildman–Crippen LogP) is 1.58. The zero-order valence-electron chi connectivity index (χ0n) is 12.4. The van der Waals surface area contributed by atoms with Gasteiger partial charge in [0.25, 0.3) is 0 Å². The van der Waals surface area contributed by atoms with Gasteiger partial charge in [-0.15, -0.1) is 10.2 Å². The summed E-state index contributed by atoms with van der Waals surface area (Å²) in [7, 11) is -3.20. The molecule has 0 amide bonds. The van der Waals surface area contributed by atoms with Gasteiger partial charge in [-0.25, -0.2) is 13.1 Å². The van der Waals surface area contributed by atoms with Crippen molar-refractivity contribution >= 4 is 10.0 Å². The van der Waals surface area contributed by atoms with Crippen LogP contribution in [0, 0.1) is 0 Å². The van der Waals surface area contributed by atoms with Crippen LogP contribution in [0.4, 0.5) is 0 Å². The van der Waals surface area contributed by atoms with Crippen LogP contribution in [-0.4, -0.2) is 35.3 Å². The first-order chi connectivity index (χ1) is 11.0. The number of aromatic nitrogens is 4. The Balaban J connectivity index is 1.89. The second kappa shape index (κ2) is 6.27. The maximum atomic E-state index is 11.1. The topological polar surface area (TPSA) is 101 Å². The molecule has 0 unspecified atom stereocenters. The van der Waals surface area contributed by atoms with Crippen molar-refractivity contribution < 1.29 is 8.42 Å². The standard InChI is InChI=1S/C15H15N5O2S/c1-23(21,22)16-10-11-6-8-12(9-7-11)13-4-2-3-5-14(13)15-17-19-20-18-15/h2-9,16H,10H2,1H3,(H,17,18,19,20). The van der Waals surface area contributed by atoms with Crippen molar-refractivity contribution in [3.63, 3.8) is 0 Å². The Bertz CT molecular complexity index is 890. The summed E-state index contributed by atoms with van der Waals surface area (Å²) >= 11 is 0. The highest BCUT2D eigenvalue weighted by Crippen LogP contribution is 2.29. The van der Waals surface area contributed by atoms with E-state index in [2.05, 4.69) is 25.3 Å². The third kappa shape index (κ3) is 3.79. The van der Waals surface area contributed by atoms with Gasteiger partial charge in [-0.1, -0.05) is 48.5 Å². The fourth-order valence-corrected chi connectivity index (χ4v) is 2.65. The number of tetrazole rings is 1. The molecule has 0 saturated heterocycles. The molecule has 0 saturated carbocycles. The van der Waals surface area contributed by atoms with E-state index in [0.717, 1.165) is 28.5 Å². The van der Waals surface area contributed by atoms with Crippen molar-refractivity contribution in [3.8, 4) is 22.5 Å². The zero-order chi connectivity index (χ0) is 16.3. The molecule has 3 rings (SSSR count). The fraction of sp³-hybridized carbons (Fsp3) is 0.133. The van der Waals surface area contributed by atoms with Gasteiger partial charge in [0.15, 0.2) is 0 Å². The van der Waals surface area contributed by atoms with Gasteiger partial charge >= 0.3 is 0 Å². The van der Waals surface area contributed by atoms with E-state index in [1.54, 1.807) is 0 Å². The van der Waals surface area contributed by atoms with Gasteiger partial charge in [0, 0.05) is 12.1 Å². The number of rotatable bonds is 5. The van der Waals surface area contributed by atoms with Crippen molar-refractivity contribution in [1.82, 2.24) is 25.3 Å². The smallest absolute Gasteiger partial charge is 0.209 e. The van der Waals surface area contributed by atoms with Crippen LogP contribution in [-0.2, 0) is 16.6 Å². The van der Waals surface area contributed by atoms with E-state index in [1.807, 2.05) is 48.5 Å². The number of hydrogen-bond donors (Lipinski definition) is 2. The molecule has 2 N–H and O–H groups in total. The molecule has 1 aromatic heterocycles. The highest BCUT2D eigenvalue weighted by atomic mass is 32.2. The Morgan fingerprint density at radius 3 is 2.35 bits per heavy atom. The number of sulfonamides is 1. The van der Waals surface area contributed by atoms with E-state index in [1.165, 1.54) is 0 Å². The second-order valence-electron chi connectivity index (χ2n) is 5.07. The van der Waals surface area contributed by atoms with Gasteiger partial charge in [0.1, 0.15) is 0 Å². The van der Waals surface area contributed by atoms with Gasteiger partial charge < -0.3 is 0 Å². The van der Waals surface area contributed by atoms with E-state index in [4.69, 9.17) is 0 Å². The minimum absolute atomic E-state index is 0.269. The average Bonchev–Trinajstić information content (AvgIpc) is 3.07. The van der Waals surface area contributed by atoms with Crippen LogP contribution in [0.3, 0.4) is 0 Å². The van der Waals surface area contributed by atoms with Crippen LogP contribution in [0.15, 0.2) is 48.5 Å².